The highest BCUT2D eigenvalue weighted by Gasteiger charge is 2.17. The molecule has 8 nitrogen and oxygen atoms in total. The van der Waals surface area contributed by atoms with Crippen LogP contribution in [0.15, 0.2) is 34.5 Å². The molecule has 0 aliphatic carbocycles. The van der Waals surface area contributed by atoms with Gasteiger partial charge in [-0.25, -0.2) is 5.43 Å². The molecule has 0 fully saturated rings. The van der Waals surface area contributed by atoms with Crippen LogP contribution in [-0.2, 0) is 9.59 Å². The average molecular weight is 340 g/mol. The summed E-state index contributed by atoms with van der Waals surface area (Å²) in [7, 11) is 0. The SMILES string of the molecule is CCN(CC)C(=O)/C(C#N)=N\Nc1ccc(C2=NNC(=O)CC2)cc1. The van der Waals surface area contributed by atoms with E-state index >= 15 is 0 Å². The third-order valence-corrected chi connectivity index (χ3v) is 3.78. The van der Waals surface area contributed by atoms with E-state index in [9.17, 15) is 9.59 Å². The van der Waals surface area contributed by atoms with Crippen LogP contribution in [0.4, 0.5) is 5.69 Å². The molecule has 0 saturated carbocycles. The summed E-state index contributed by atoms with van der Waals surface area (Å²) >= 11 is 0. The number of nitriles is 1. The predicted octanol–water partition coefficient (Wildman–Crippen LogP) is 1.46. The van der Waals surface area contributed by atoms with Crippen LogP contribution in [0.1, 0.15) is 32.3 Å². The zero-order chi connectivity index (χ0) is 18.2. The Morgan fingerprint density at radius 3 is 2.52 bits per heavy atom. The number of hydrogen-bond donors (Lipinski definition) is 2. The van der Waals surface area contributed by atoms with E-state index in [1.54, 1.807) is 12.1 Å². The molecular weight excluding hydrogens is 320 g/mol. The van der Waals surface area contributed by atoms with Crippen molar-refractivity contribution in [1.29, 1.82) is 5.26 Å². The first-order chi connectivity index (χ1) is 12.1. The van der Waals surface area contributed by atoms with E-state index in [-0.39, 0.29) is 11.6 Å². The quantitative estimate of drug-likeness (QED) is 0.603. The van der Waals surface area contributed by atoms with Crippen LogP contribution in [0, 0.1) is 11.3 Å². The Morgan fingerprint density at radius 2 is 2.00 bits per heavy atom. The highest BCUT2D eigenvalue weighted by molar-refractivity contribution is 6.45. The van der Waals surface area contributed by atoms with E-state index in [1.807, 2.05) is 32.0 Å². The Bertz CT molecular complexity index is 741. The largest absolute Gasteiger partial charge is 0.337 e. The first-order valence-corrected chi connectivity index (χ1v) is 8.08. The Morgan fingerprint density at radius 1 is 1.32 bits per heavy atom. The lowest BCUT2D eigenvalue weighted by atomic mass is 10.0. The number of benzene rings is 1. The monoisotopic (exact) mass is 340 g/mol. The first-order valence-electron chi connectivity index (χ1n) is 8.08. The molecule has 0 radical (unpaired) electrons. The summed E-state index contributed by atoms with van der Waals surface area (Å²) in [5.74, 6) is -0.484. The summed E-state index contributed by atoms with van der Waals surface area (Å²) in [5.41, 5.74) is 7.35. The van der Waals surface area contributed by atoms with Gasteiger partial charge in [-0.3, -0.25) is 15.0 Å². The Kier molecular flexibility index (Phi) is 6.23. The second-order valence-corrected chi connectivity index (χ2v) is 5.33. The van der Waals surface area contributed by atoms with Gasteiger partial charge in [-0.15, -0.1) is 0 Å². The molecule has 1 aromatic rings. The van der Waals surface area contributed by atoms with Crippen LogP contribution >= 0.6 is 0 Å². The summed E-state index contributed by atoms with van der Waals surface area (Å²) in [4.78, 5) is 24.8. The summed E-state index contributed by atoms with van der Waals surface area (Å²) in [6, 6.07) is 9.05. The van der Waals surface area contributed by atoms with Gasteiger partial charge in [0.05, 0.1) is 11.4 Å². The van der Waals surface area contributed by atoms with Crippen LogP contribution in [0.3, 0.4) is 0 Å². The third kappa shape index (κ3) is 4.64. The Balaban J connectivity index is 2.06. The fraction of sp³-hybridized carbons (Fsp3) is 0.353. The lowest BCUT2D eigenvalue weighted by Gasteiger charge is -2.17. The third-order valence-electron chi connectivity index (χ3n) is 3.78. The van der Waals surface area contributed by atoms with Gasteiger partial charge in [0, 0.05) is 25.9 Å². The smallest absolute Gasteiger partial charge is 0.285 e. The number of nitrogens with zero attached hydrogens (tertiary/aromatic N) is 4. The molecule has 2 amide bonds. The molecule has 2 N–H and O–H groups in total. The molecule has 130 valence electrons. The molecule has 1 aliphatic rings. The second kappa shape index (κ2) is 8.59. The summed E-state index contributed by atoms with van der Waals surface area (Å²) in [6.07, 6.45) is 1.01. The van der Waals surface area contributed by atoms with E-state index in [0.29, 0.717) is 31.6 Å². The van der Waals surface area contributed by atoms with Gasteiger partial charge in [-0.1, -0.05) is 12.1 Å². The molecule has 25 heavy (non-hydrogen) atoms. The molecule has 1 aromatic carbocycles. The lowest BCUT2D eigenvalue weighted by Crippen LogP contribution is -2.36. The van der Waals surface area contributed by atoms with Crippen molar-refractivity contribution in [3.05, 3.63) is 29.8 Å². The minimum Gasteiger partial charge on any atom is -0.337 e. The van der Waals surface area contributed by atoms with Gasteiger partial charge in [0.15, 0.2) is 0 Å². The normalized spacial score (nSPS) is 14.2. The van der Waals surface area contributed by atoms with Gasteiger partial charge in [0.2, 0.25) is 11.6 Å². The molecular formula is C17H20N6O2. The van der Waals surface area contributed by atoms with Crippen LogP contribution in [0.2, 0.25) is 0 Å². The molecule has 0 atom stereocenters. The van der Waals surface area contributed by atoms with Crippen molar-refractivity contribution in [1.82, 2.24) is 10.3 Å². The van der Waals surface area contributed by atoms with E-state index in [1.165, 1.54) is 4.90 Å². The van der Waals surface area contributed by atoms with E-state index in [0.717, 1.165) is 11.3 Å². The maximum Gasteiger partial charge on any atom is 0.285 e. The molecule has 8 heteroatoms. The van der Waals surface area contributed by atoms with Crippen LogP contribution in [0.25, 0.3) is 0 Å². The van der Waals surface area contributed by atoms with E-state index in [2.05, 4.69) is 21.1 Å². The standard InChI is InChI=1S/C17H20N6O2/c1-3-23(4-2)17(25)15(11-18)21-19-13-7-5-12(6-8-13)14-9-10-16(24)22-20-14/h5-8,19H,3-4,9-10H2,1-2H3,(H,22,24)/b21-15-. The molecule has 2 rings (SSSR count). The molecule has 0 saturated heterocycles. The van der Waals surface area contributed by atoms with Crippen molar-refractivity contribution in [3.8, 4) is 6.07 Å². The fourth-order valence-corrected chi connectivity index (χ4v) is 2.32. The molecule has 1 heterocycles. The first kappa shape index (κ1) is 18.1. The van der Waals surface area contributed by atoms with Crippen molar-refractivity contribution in [2.24, 2.45) is 10.2 Å². The van der Waals surface area contributed by atoms with Crippen molar-refractivity contribution in [3.63, 3.8) is 0 Å². The maximum absolute atomic E-state index is 12.1. The van der Waals surface area contributed by atoms with Gasteiger partial charge in [0.25, 0.3) is 5.91 Å². The van der Waals surface area contributed by atoms with Gasteiger partial charge in [-0.2, -0.15) is 15.5 Å². The van der Waals surface area contributed by atoms with Crippen molar-refractivity contribution in [2.45, 2.75) is 26.7 Å². The summed E-state index contributed by atoms with van der Waals surface area (Å²) in [5, 5.41) is 17.1. The van der Waals surface area contributed by atoms with Gasteiger partial charge < -0.3 is 4.90 Å². The van der Waals surface area contributed by atoms with Crippen LogP contribution in [0.5, 0.6) is 0 Å². The topological polar surface area (TPSA) is 110 Å². The Hall–Kier alpha value is -3.21. The zero-order valence-corrected chi connectivity index (χ0v) is 14.2. The van der Waals surface area contributed by atoms with Crippen LogP contribution < -0.4 is 10.9 Å². The molecule has 0 bridgehead atoms. The van der Waals surface area contributed by atoms with E-state index < -0.39 is 5.91 Å². The number of carbonyl (C=O) groups excluding carboxylic acids is 2. The average Bonchev–Trinajstić information content (AvgIpc) is 2.64. The fourth-order valence-electron chi connectivity index (χ4n) is 2.32. The summed E-state index contributed by atoms with van der Waals surface area (Å²) in [6.45, 7) is 4.73. The predicted molar refractivity (Wildman–Crippen MR) is 95.0 cm³/mol. The molecule has 0 spiro atoms. The number of hydrazone groups is 2. The number of carbonyl (C=O) groups is 2. The van der Waals surface area contributed by atoms with Crippen molar-refractivity contribution >= 4 is 28.9 Å². The lowest BCUT2D eigenvalue weighted by molar-refractivity contribution is -0.123. The highest BCUT2D eigenvalue weighted by atomic mass is 16.2. The highest BCUT2D eigenvalue weighted by Crippen LogP contribution is 2.14. The Labute approximate surface area is 146 Å². The number of hydrogen-bond acceptors (Lipinski definition) is 6. The summed E-state index contributed by atoms with van der Waals surface area (Å²) < 4.78 is 0. The molecule has 0 aromatic heterocycles. The van der Waals surface area contributed by atoms with Gasteiger partial charge >= 0.3 is 0 Å². The van der Waals surface area contributed by atoms with E-state index in [4.69, 9.17) is 5.26 Å². The minimum atomic E-state index is -0.399. The van der Waals surface area contributed by atoms with Gasteiger partial charge in [-0.05, 0) is 31.5 Å². The molecule has 1 aliphatic heterocycles. The number of amides is 2. The number of anilines is 1. The minimum absolute atomic E-state index is 0.0849. The maximum atomic E-state index is 12.1. The van der Waals surface area contributed by atoms with Crippen molar-refractivity contribution in [2.75, 3.05) is 18.5 Å². The second-order valence-electron chi connectivity index (χ2n) is 5.33. The molecule has 0 unspecified atom stereocenters. The zero-order valence-electron chi connectivity index (χ0n) is 14.2. The number of rotatable bonds is 6. The number of nitrogens with one attached hydrogen (secondary N) is 2. The van der Waals surface area contributed by atoms with Crippen molar-refractivity contribution < 1.29 is 9.59 Å². The van der Waals surface area contributed by atoms with Gasteiger partial charge in [0.1, 0.15) is 6.07 Å². The van der Waals surface area contributed by atoms with Crippen LogP contribution in [-0.4, -0.2) is 41.2 Å².